The molecule has 1 heterocycles. The molecule has 0 aromatic heterocycles. The van der Waals surface area contributed by atoms with E-state index in [0.29, 0.717) is 12.3 Å². The van der Waals surface area contributed by atoms with Crippen molar-refractivity contribution in [2.24, 2.45) is 5.92 Å². The highest BCUT2D eigenvalue weighted by Gasteiger charge is 2.22. The number of aliphatic hydroxyl groups is 1. The molecule has 1 fully saturated rings. The summed E-state index contributed by atoms with van der Waals surface area (Å²) in [5, 5.41) is 14.7. The molecule has 112 valence electrons. The topological polar surface area (TPSA) is 64.6 Å². The van der Waals surface area contributed by atoms with E-state index >= 15 is 0 Å². The van der Waals surface area contributed by atoms with E-state index in [1.807, 2.05) is 6.92 Å². The fourth-order valence-corrected chi connectivity index (χ4v) is 2.61. The molecule has 3 N–H and O–H groups in total. The zero-order chi connectivity index (χ0) is 14.1. The molecule has 5 nitrogen and oxygen atoms in total. The predicted octanol–water partition coefficient (Wildman–Crippen LogP) is 1.18. The van der Waals surface area contributed by atoms with Gasteiger partial charge in [0.05, 0.1) is 0 Å². The van der Waals surface area contributed by atoms with E-state index in [4.69, 9.17) is 5.11 Å². The summed E-state index contributed by atoms with van der Waals surface area (Å²) >= 11 is 0. The van der Waals surface area contributed by atoms with E-state index in [1.165, 1.54) is 12.8 Å². The van der Waals surface area contributed by atoms with Gasteiger partial charge in [-0.2, -0.15) is 0 Å². The van der Waals surface area contributed by atoms with Gasteiger partial charge in [0.15, 0.2) is 0 Å². The Morgan fingerprint density at radius 2 is 2.26 bits per heavy atom. The molecule has 0 aromatic carbocycles. The van der Waals surface area contributed by atoms with Crippen LogP contribution in [0.25, 0.3) is 0 Å². The maximum Gasteiger partial charge on any atom is 0.315 e. The smallest absolute Gasteiger partial charge is 0.315 e. The fourth-order valence-electron chi connectivity index (χ4n) is 2.61. The van der Waals surface area contributed by atoms with Crippen LogP contribution in [0.5, 0.6) is 0 Å². The molecule has 5 heteroatoms. The predicted molar refractivity (Wildman–Crippen MR) is 77.2 cm³/mol. The summed E-state index contributed by atoms with van der Waals surface area (Å²) in [7, 11) is 0. The molecule has 1 aliphatic rings. The number of urea groups is 1. The molecule has 1 saturated heterocycles. The third kappa shape index (κ3) is 6.25. The highest BCUT2D eigenvalue weighted by atomic mass is 16.3. The van der Waals surface area contributed by atoms with Gasteiger partial charge in [0.2, 0.25) is 0 Å². The summed E-state index contributed by atoms with van der Waals surface area (Å²) in [6.07, 6.45) is 3.84. The number of rotatable bonds is 8. The van der Waals surface area contributed by atoms with Crippen LogP contribution in [0.3, 0.4) is 0 Å². The standard InChI is InChI=1S/C14H29N3O2/c1-3-7-17-8-5-12(11-17)10-15-14(19)16-13(4-2)6-9-18/h12-13,18H,3-11H2,1-2H3,(H2,15,16,19). The number of hydrogen-bond donors (Lipinski definition) is 3. The monoisotopic (exact) mass is 271 g/mol. The minimum atomic E-state index is -0.103. The van der Waals surface area contributed by atoms with Crippen LogP contribution >= 0.6 is 0 Å². The van der Waals surface area contributed by atoms with Crippen LogP contribution in [0.15, 0.2) is 0 Å². The first-order valence-electron chi connectivity index (χ1n) is 7.57. The van der Waals surface area contributed by atoms with Gasteiger partial charge in [0.1, 0.15) is 0 Å². The highest BCUT2D eigenvalue weighted by molar-refractivity contribution is 5.74. The summed E-state index contributed by atoms with van der Waals surface area (Å²) in [6.45, 7) is 8.50. The van der Waals surface area contributed by atoms with Gasteiger partial charge in [-0.3, -0.25) is 0 Å². The fraction of sp³-hybridized carbons (Fsp3) is 0.929. The lowest BCUT2D eigenvalue weighted by atomic mass is 10.1. The molecular weight excluding hydrogens is 242 g/mol. The van der Waals surface area contributed by atoms with Crippen molar-refractivity contribution in [1.29, 1.82) is 0 Å². The van der Waals surface area contributed by atoms with Gasteiger partial charge in [-0.05, 0) is 44.7 Å². The van der Waals surface area contributed by atoms with Crippen molar-refractivity contribution < 1.29 is 9.90 Å². The molecule has 0 bridgehead atoms. The molecule has 0 spiro atoms. The van der Waals surface area contributed by atoms with Crippen molar-refractivity contribution in [3.63, 3.8) is 0 Å². The first-order chi connectivity index (χ1) is 9.19. The number of aliphatic hydroxyl groups excluding tert-OH is 1. The van der Waals surface area contributed by atoms with E-state index in [0.717, 1.165) is 32.6 Å². The highest BCUT2D eigenvalue weighted by Crippen LogP contribution is 2.15. The van der Waals surface area contributed by atoms with Crippen molar-refractivity contribution in [2.45, 2.75) is 45.6 Å². The number of nitrogens with one attached hydrogen (secondary N) is 2. The Morgan fingerprint density at radius 3 is 2.89 bits per heavy atom. The second-order valence-electron chi connectivity index (χ2n) is 5.43. The Labute approximate surface area is 116 Å². The van der Waals surface area contributed by atoms with Gasteiger partial charge in [-0.15, -0.1) is 0 Å². The largest absolute Gasteiger partial charge is 0.396 e. The summed E-state index contributed by atoms with van der Waals surface area (Å²) in [4.78, 5) is 14.2. The van der Waals surface area contributed by atoms with Gasteiger partial charge >= 0.3 is 6.03 Å². The van der Waals surface area contributed by atoms with Crippen molar-refractivity contribution in [3.8, 4) is 0 Å². The summed E-state index contributed by atoms with van der Waals surface area (Å²) in [5.41, 5.74) is 0. The average Bonchev–Trinajstić information content (AvgIpc) is 2.84. The molecule has 19 heavy (non-hydrogen) atoms. The first kappa shape index (κ1) is 16.2. The third-order valence-corrected chi connectivity index (χ3v) is 3.77. The van der Waals surface area contributed by atoms with E-state index in [2.05, 4.69) is 22.5 Å². The van der Waals surface area contributed by atoms with Crippen LogP contribution in [-0.2, 0) is 0 Å². The summed E-state index contributed by atoms with van der Waals surface area (Å²) in [6, 6.07) is -0.0283. The van der Waals surface area contributed by atoms with Crippen LogP contribution in [0, 0.1) is 5.92 Å². The van der Waals surface area contributed by atoms with Gasteiger partial charge in [-0.1, -0.05) is 13.8 Å². The lowest BCUT2D eigenvalue weighted by Gasteiger charge is -2.18. The van der Waals surface area contributed by atoms with Crippen LogP contribution in [0.4, 0.5) is 4.79 Å². The molecule has 2 atom stereocenters. The molecule has 1 aliphatic heterocycles. The maximum atomic E-state index is 11.7. The number of carbonyl (C=O) groups excluding carboxylic acids is 1. The van der Waals surface area contributed by atoms with Gasteiger partial charge in [0.25, 0.3) is 0 Å². The lowest BCUT2D eigenvalue weighted by molar-refractivity contribution is 0.226. The minimum Gasteiger partial charge on any atom is -0.396 e. The average molecular weight is 271 g/mol. The Balaban J connectivity index is 2.16. The molecule has 2 unspecified atom stereocenters. The number of likely N-dealkylation sites (tertiary alicyclic amines) is 1. The quantitative estimate of drug-likeness (QED) is 0.621. The molecular formula is C14H29N3O2. The van der Waals surface area contributed by atoms with Crippen LogP contribution in [0.2, 0.25) is 0 Å². The summed E-state index contributed by atoms with van der Waals surface area (Å²) < 4.78 is 0. The van der Waals surface area contributed by atoms with Crippen LogP contribution in [0.1, 0.15) is 39.5 Å². The second-order valence-corrected chi connectivity index (χ2v) is 5.43. The van der Waals surface area contributed by atoms with Gasteiger partial charge in [0, 0.05) is 25.7 Å². The van der Waals surface area contributed by atoms with Crippen molar-refractivity contribution in [2.75, 3.05) is 32.8 Å². The number of carbonyl (C=O) groups is 1. The van der Waals surface area contributed by atoms with Gasteiger partial charge < -0.3 is 20.6 Å². The molecule has 0 radical (unpaired) electrons. The first-order valence-corrected chi connectivity index (χ1v) is 7.57. The lowest BCUT2D eigenvalue weighted by Crippen LogP contribution is -2.44. The Morgan fingerprint density at radius 1 is 1.47 bits per heavy atom. The zero-order valence-corrected chi connectivity index (χ0v) is 12.3. The van der Waals surface area contributed by atoms with Gasteiger partial charge in [-0.25, -0.2) is 4.79 Å². The molecule has 0 aromatic rings. The SMILES string of the molecule is CCCN1CCC(CNC(=O)NC(CC)CCO)C1. The Bertz CT molecular complexity index is 261. The number of amides is 2. The molecule has 0 aliphatic carbocycles. The van der Waals surface area contributed by atoms with E-state index in [9.17, 15) is 4.79 Å². The van der Waals surface area contributed by atoms with Crippen LogP contribution in [-0.4, -0.2) is 54.9 Å². The van der Waals surface area contributed by atoms with E-state index in [1.54, 1.807) is 0 Å². The Hall–Kier alpha value is -0.810. The zero-order valence-electron chi connectivity index (χ0n) is 12.3. The second kappa shape index (κ2) is 9.15. The minimum absolute atomic E-state index is 0.0742. The summed E-state index contributed by atoms with van der Waals surface area (Å²) in [5.74, 6) is 0.579. The maximum absolute atomic E-state index is 11.7. The molecule has 1 rings (SSSR count). The van der Waals surface area contributed by atoms with Crippen LogP contribution < -0.4 is 10.6 Å². The van der Waals surface area contributed by atoms with E-state index < -0.39 is 0 Å². The normalized spacial score (nSPS) is 21.3. The van der Waals surface area contributed by atoms with Crippen molar-refractivity contribution in [3.05, 3.63) is 0 Å². The number of nitrogens with zero attached hydrogens (tertiary/aromatic N) is 1. The molecule has 2 amide bonds. The third-order valence-electron chi connectivity index (χ3n) is 3.77. The molecule has 0 saturated carbocycles. The van der Waals surface area contributed by atoms with Crippen molar-refractivity contribution >= 4 is 6.03 Å². The Kier molecular flexibility index (Phi) is 7.82. The van der Waals surface area contributed by atoms with Crippen molar-refractivity contribution in [1.82, 2.24) is 15.5 Å². The van der Waals surface area contributed by atoms with E-state index in [-0.39, 0.29) is 18.7 Å². The number of hydrogen-bond acceptors (Lipinski definition) is 3.